The smallest absolute Gasteiger partial charge is 0.182 e. The van der Waals surface area contributed by atoms with E-state index < -0.39 is 0 Å². The zero-order valence-corrected chi connectivity index (χ0v) is 8.72. The summed E-state index contributed by atoms with van der Waals surface area (Å²) in [4.78, 5) is 0. The Hall–Kier alpha value is -1.27. The van der Waals surface area contributed by atoms with E-state index in [0.717, 1.165) is 10.2 Å². The SMILES string of the molecule is OCc1nnnn1-c1ccccc1Br. The van der Waals surface area contributed by atoms with Gasteiger partial charge in [-0.3, -0.25) is 0 Å². The molecule has 1 heterocycles. The molecule has 0 amide bonds. The van der Waals surface area contributed by atoms with Crippen LogP contribution in [-0.4, -0.2) is 25.3 Å². The van der Waals surface area contributed by atoms with Crippen molar-refractivity contribution in [2.24, 2.45) is 0 Å². The minimum Gasteiger partial charge on any atom is -0.388 e. The van der Waals surface area contributed by atoms with E-state index in [-0.39, 0.29) is 6.61 Å². The zero-order chi connectivity index (χ0) is 9.97. The third-order valence-corrected chi connectivity index (χ3v) is 2.43. The van der Waals surface area contributed by atoms with Crippen LogP contribution in [0.5, 0.6) is 0 Å². The second-order valence-electron chi connectivity index (χ2n) is 2.62. The number of rotatable bonds is 2. The molecule has 0 spiro atoms. The van der Waals surface area contributed by atoms with E-state index in [1.165, 1.54) is 4.68 Å². The van der Waals surface area contributed by atoms with Crippen LogP contribution in [0.25, 0.3) is 5.69 Å². The van der Waals surface area contributed by atoms with Crippen LogP contribution in [0.4, 0.5) is 0 Å². The molecule has 5 nitrogen and oxygen atoms in total. The van der Waals surface area contributed by atoms with Crippen LogP contribution in [-0.2, 0) is 6.61 Å². The van der Waals surface area contributed by atoms with Crippen LogP contribution in [0.1, 0.15) is 5.82 Å². The number of benzene rings is 1. The first-order valence-corrected chi connectivity index (χ1v) is 4.75. The molecule has 0 atom stereocenters. The third kappa shape index (κ3) is 1.53. The lowest BCUT2D eigenvalue weighted by Crippen LogP contribution is -2.03. The molecule has 0 radical (unpaired) electrons. The molecule has 0 aliphatic carbocycles. The first-order chi connectivity index (χ1) is 6.83. The monoisotopic (exact) mass is 254 g/mol. The molecule has 0 saturated heterocycles. The summed E-state index contributed by atoms with van der Waals surface area (Å²) in [5.41, 5.74) is 0.807. The van der Waals surface area contributed by atoms with E-state index in [4.69, 9.17) is 5.11 Å². The normalized spacial score (nSPS) is 10.4. The van der Waals surface area contributed by atoms with Gasteiger partial charge in [0.25, 0.3) is 0 Å². The highest BCUT2D eigenvalue weighted by Crippen LogP contribution is 2.19. The Morgan fingerprint density at radius 2 is 2.14 bits per heavy atom. The van der Waals surface area contributed by atoms with Gasteiger partial charge in [-0.05, 0) is 38.5 Å². The van der Waals surface area contributed by atoms with Crippen molar-refractivity contribution in [3.8, 4) is 5.69 Å². The molecule has 0 bridgehead atoms. The fourth-order valence-corrected chi connectivity index (χ4v) is 1.57. The van der Waals surface area contributed by atoms with Crippen molar-refractivity contribution in [3.05, 3.63) is 34.6 Å². The number of aliphatic hydroxyl groups is 1. The molecule has 14 heavy (non-hydrogen) atoms. The van der Waals surface area contributed by atoms with Crippen LogP contribution in [0.15, 0.2) is 28.7 Å². The highest BCUT2D eigenvalue weighted by molar-refractivity contribution is 9.10. The fraction of sp³-hybridized carbons (Fsp3) is 0.125. The predicted octanol–water partition coefficient (Wildman–Crippen LogP) is 0.917. The van der Waals surface area contributed by atoms with E-state index in [0.29, 0.717) is 5.82 Å². The minimum absolute atomic E-state index is 0.186. The Bertz CT molecular complexity index is 442. The lowest BCUT2D eigenvalue weighted by Gasteiger charge is -2.03. The number of para-hydroxylation sites is 1. The summed E-state index contributed by atoms with van der Waals surface area (Å²) in [6.45, 7) is -0.186. The van der Waals surface area contributed by atoms with Crippen LogP contribution in [0.3, 0.4) is 0 Å². The molecule has 0 aliphatic heterocycles. The van der Waals surface area contributed by atoms with Crippen molar-refractivity contribution in [3.63, 3.8) is 0 Å². The van der Waals surface area contributed by atoms with E-state index in [1.807, 2.05) is 24.3 Å². The number of aliphatic hydroxyl groups excluding tert-OH is 1. The zero-order valence-electron chi connectivity index (χ0n) is 7.13. The Morgan fingerprint density at radius 1 is 1.36 bits per heavy atom. The van der Waals surface area contributed by atoms with Gasteiger partial charge in [0.15, 0.2) is 5.82 Å². The molecule has 1 aromatic carbocycles. The summed E-state index contributed by atoms with van der Waals surface area (Å²) in [7, 11) is 0. The lowest BCUT2D eigenvalue weighted by atomic mass is 10.3. The van der Waals surface area contributed by atoms with E-state index >= 15 is 0 Å². The summed E-state index contributed by atoms with van der Waals surface area (Å²) in [6.07, 6.45) is 0. The van der Waals surface area contributed by atoms with Crippen LogP contribution in [0, 0.1) is 0 Å². The van der Waals surface area contributed by atoms with Gasteiger partial charge in [0.1, 0.15) is 6.61 Å². The van der Waals surface area contributed by atoms with Crippen LogP contribution in [0.2, 0.25) is 0 Å². The van der Waals surface area contributed by atoms with Crippen LogP contribution >= 0.6 is 15.9 Å². The second kappa shape index (κ2) is 3.85. The topological polar surface area (TPSA) is 63.8 Å². The number of tetrazole rings is 1. The van der Waals surface area contributed by atoms with Gasteiger partial charge < -0.3 is 5.11 Å². The maximum absolute atomic E-state index is 8.98. The van der Waals surface area contributed by atoms with Gasteiger partial charge in [0.2, 0.25) is 0 Å². The van der Waals surface area contributed by atoms with Crippen molar-refractivity contribution in [1.29, 1.82) is 0 Å². The molecule has 2 rings (SSSR count). The Balaban J connectivity index is 2.54. The van der Waals surface area contributed by atoms with Gasteiger partial charge in [0, 0.05) is 4.47 Å². The van der Waals surface area contributed by atoms with Crippen molar-refractivity contribution < 1.29 is 5.11 Å². The average Bonchev–Trinajstić information content (AvgIpc) is 2.66. The van der Waals surface area contributed by atoms with Gasteiger partial charge in [0.05, 0.1) is 5.69 Å². The quantitative estimate of drug-likeness (QED) is 0.866. The Labute approximate surface area is 88.5 Å². The van der Waals surface area contributed by atoms with Gasteiger partial charge in [-0.15, -0.1) is 5.10 Å². The number of halogens is 1. The summed E-state index contributed by atoms with van der Waals surface area (Å²) in [5.74, 6) is 0.414. The van der Waals surface area contributed by atoms with Crippen molar-refractivity contribution in [2.75, 3.05) is 0 Å². The van der Waals surface area contributed by atoms with Gasteiger partial charge >= 0.3 is 0 Å². The molecule has 2 aromatic rings. The van der Waals surface area contributed by atoms with Gasteiger partial charge in [-0.25, -0.2) is 0 Å². The standard InChI is InChI=1S/C8H7BrN4O/c9-6-3-1-2-4-7(6)13-8(5-14)10-11-12-13/h1-4,14H,5H2. The summed E-state index contributed by atoms with van der Waals surface area (Å²) in [6, 6.07) is 7.53. The Kier molecular flexibility index (Phi) is 2.55. The van der Waals surface area contributed by atoms with Gasteiger partial charge in [-0.1, -0.05) is 12.1 Å². The second-order valence-corrected chi connectivity index (χ2v) is 3.47. The van der Waals surface area contributed by atoms with Crippen LogP contribution < -0.4 is 0 Å². The summed E-state index contributed by atoms with van der Waals surface area (Å²) < 4.78 is 2.37. The lowest BCUT2D eigenvalue weighted by molar-refractivity contribution is 0.268. The molecular formula is C8H7BrN4O. The average molecular weight is 255 g/mol. The maximum Gasteiger partial charge on any atom is 0.182 e. The molecule has 1 aromatic heterocycles. The van der Waals surface area contributed by atoms with Gasteiger partial charge in [-0.2, -0.15) is 4.68 Å². The first kappa shape index (κ1) is 9.29. The Morgan fingerprint density at radius 3 is 2.86 bits per heavy atom. The largest absolute Gasteiger partial charge is 0.388 e. The third-order valence-electron chi connectivity index (χ3n) is 1.76. The predicted molar refractivity (Wildman–Crippen MR) is 52.8 cm³/mol. The van der Waals surface area contributed by atoms with E-state index in [1.54, 1.807) is 0 Å². The number of aromatic nitrogens is 4. The van der Waals surface area contributed by atoms with Crippen molar-refractivity contribution >= 4 is 15.9 Å². The summed E-state index contributed by atoms with van der Waals surface area (Å²) >= 11 is 3.38. The van der Waals surface area contributed by atoms with E-state index in [2.05, 4.69) is 31.5 Å². The minimum atomic E-state index is -0.186. The van der Waals surface area contributed by atoms with E-state index in [9.17, 15) is 0 Å². The van der Waals surface area contributed by atoms with Crippen molar-refractivity contribution in [2.45, 2.75) is 6.61 Å². The molecule has 0 aliphatic rings. The summed E-state index contributed by atoms with van der Waals surface area (Å²) in [5, 5.41) is 19.9. The molecule has 6 heteroatoms. The number of nitrogens with zero attached hydrogens (tertiary/aromatic N) is 4. The highest BCUT2D eigenvalue weighted by Gasteiger charge is 2.08. The molecule has 0 saturated carbocycles. The number of hydrogen-bond donors (Lipinski definition) is 1. The molecule has 1 N–H and O–H groups in total. The van der Waals surface area contributed by atoms with Crippen molar-refractivity contribution in [1.82, 2.24) is 20.2 Å². The molecular weight excluding hydrogens is 248 g/mol. The molecule has 0 unspecified atom stereocenters. The number of hydrogen-bond acceptors (Lipinski definition) is 4. The first-order valence-electron chi connectivity index (χ1n) is 3.96. The molecule has 0 fully saturated rings. The highest BCUT2D eigenvalue weighted by atomic mass is 79.9. The molecule has 72 valence electrons. The maximum atomic E-state index is 8.98. The fourth-order valence-electron chi connectivity index (χ4n) is 1.11.